The smallest absolute Gasteiger partial charge is 0.226 e. The van der Waals surface area contributed by atoms with Gasteiger partial charge in [0.2, 0.25) is 5.91 Å². The van der Waals surface area contributed by atoms with Crippen LogP contribution in [0.4, 0.5) is 4.39 Å². The molecule has 0 radical (unpaired) electrons. The average Bonchev–Trinajstić information content (AvgIpc) is 3.48. The van der Waals surface area contributed by atoms with E-state index in [-0.39, 0.29) is 23.6 Å². The predicted molar refractivity (Wildman–Crippen MR) is 122 cm³/mol. The van der Waals surface area contributed by atoms with Crippen LogP contribution in [0.5, 0.6) is 11.5 Å². The van der Waals surface area contributed by atoms with Gasteiger partial charge in [-0.1, -0.05) is 31.0 Å². The summed E-state index contributed by atoms with van der Waals surface area (Å²) < 4.78 is 24.9. The first-order chi connectivity index (χ1) is 15.6. The molecule has 0 spiro atoms. The Morgan fingerprint density at radius 3 is 2.72 bits per heavy atom. The molecule has 0 atom stereocenters. The van der Waals surface area contributed by atoms with Crippen LogP contribution in [0, 0.1) is 5.82 Å². The van der Waals surface area contributed by atoms with Gasteiger partial charge in [-0.15, -0.1) is 11.3 Å². The number of aromatic nitrogens is 1. The van der Waals surface area contributed by atoms with E-state index in [9.17, 15) is 9.18 Å². The first-order valence-electron chi connectivity index (χ1n) is 11.0. The Hall–Kier alpha value is -2.93. The van der Waals surface area contributed by atoms with Crippen LogP contribution in [-0.2, 0) is 16.6 Å². The number of fused-ring (bicyclic) bond motifs is 1. The van der Waals surface area contributed by atoms with E-state index < -0.39 is 0 Å². The van der Waals surface area contributed by atoms with E-state index >= 15 is 0 Å². The third-order valence-corrected chi connectivity index (χ3v) is 7.24. The molecule has 5 rings (SSSR count). The highest BCUT2D eigenvalue weighted by Gasteiger charge is 2.36. The third kappa shape index (κ3) is 4.35. The lowest BCUT2D eigenvalue weighted by Gasteiger charge is -2.31. The maximum absolute atomic E-state index is 13.5. The van der Waals surface area contributed by atoms with Crippen molar-refractivity contribution in [2.75, 3.05) is 19.8 Å². The zero-order valence-corrected chi connectivity index (χ0v) is 18.6. The fourth-order valence-electron chi connectivity index (χ4n) is 4.63. The van der Waals surface area contributed by atoms with Crippen molar-refractivity contribution in [1.82, 2.24) is 10.3 Å². The van der Waals surface area contributed by atoms with Crippen LogP contribution in [0.25, 0.3) is 10.6 Å². The fraction of sp³-hybridized carbons (Fsp3) is 0.360. The normalized spacial score (nSPS) is 16.7. The van der Waals surface area contributed by atoms with Crippen LogP contribution in [0.2, 0.25) is 0 Å². The van der Waals surface area contributed by atoms with Crippen molar-refractivity contribution in [3.05, 3.63) is 64.9 Å². The van der Waals surface area contributed by atoms with Gasteiger partial charge in [0.15, 0.2) is 11.5 Å². The molecule has 1 aliphatic carbocycles. The number of rotatable bonds is 6. The number of amides is 1. The van der Waals surface area contributed by atoms with Gasteiger partial charge in [-0.25, -0.2) is 9.37 Å². The van der Waals surface area contributed by atoms with Gasteiger partial charge < -0.3 is 14.8 Å². The summed E-state index contributed by atoms with van der Waals surface area (Å²) >= 11 is 1.42. The molecule has 1 saturated carbocycles. The Kier molecular flexibility index (Phi) is 5.83. The van der Waals surface area contributed by atoms with Gasteiger partial charge in [-0.3, -0.25) is 4.79 Å². The van der Waals surface area contributed by atoms with Crippen LogP contribution in [-0.4, -0.2) is 30.6 Å². The van der Waals surface area contributed by atoms with Crippen molar-refractivity contribution in [3.8, 4) is 22.1 Å². The Bertz CT molecular complexity index is 1120. The zero-order valence-electron chi connectivity index (χ0n) is 17.7. The van der Waals surface area contributed by atoms with Crippen LogP contribution < -0.4 is 14.8 Å². The van der Waals surface area contributed by atoms with E-state index in [1.165, 1.54) is 29.0 Å². The molecular weight excluding hydrogens is 427 g/mol. The average molecular weight is 453 g/mol. The molecule has 5 nitrogen and oxygen atoms in total. The molecule has 1 aliphatic heterocycles. The van der Waals surface area contributed by atoms with Gasteiger partial charge in [-0.2, -0.15) is 0 Å². The van der Waals surface area contributed by atoms with Crippen molar-refractivity contribution in [2.24, 2.45) is 0 Å². The van der Waals surface area contributed by atoms with Gasteiger partial charge in [0.25, 0.3) is 0 Å². The third-order valence-electron chi connectivity index (χ3n) is 6.30. The SMILES string of the molecule is O=C(Cc1csc(-c2cccc(F)c2)n1)NCC1(c2ccc3c(c2)OCCO3)CCCC1. The maximum atomic E-state index is 13.5. The molecule has 32 heavy (non-hydrogen) atoms. The van der Waals surface area contributed by atoms with Gasteiger partial charge in [0.1, 0.15) is 24.0 Å². The molecule has 7 heteroatoms. The van der Waals surface area contributed by atoms with Crippen molar-refractivity contribution in [2.45, 2.75) is 37.5 Å². The number of hydrogen-bond acceptors (Lipinski definition) is 5. The number of halogens is 1. The summed E-state index contributed by atoms with van der Waals surface area (Å²) in [6.45, 7) is 1.73. The molecule has 0 saturated heterocycles. The first-order valence-corrected chi connectivity index (χ1v) is 11.9. The second kappa shape index (κ2) is 8.90. The second-order valence-corrected chi connectivity index (χ2v) is 9.31. The number of thiazole rings is 1. The molecule has 2 aromatic carbocycles. The second-order valence-electron chi connectivity index (χ2n) is 8.45. The molecule has 2 heterocycles. The molecule has 0 unspecified atom stereocenters. The van der Waals surface area contributed by atoms with E-state index in [0.717, 1.165) is 47.8 Å². The number of hydrogen-bond donors (Lipinski definition) is 1. The lowest BCUT2D eigenvalue weighted by molar-refractivity contribution is -0.120. The summed E-state index contributed by atoms with van der Waals surface area (Å²) in [6.07, 6.45) is 4.57. The van der Waals surface area contributed by atoms with E-state index in [1.54, 1.807) is 6.07 Å². The quantitative estimate of drug-likeness (QED) is 0.579. The highest BCUT2D eigenvalue weighted by atomic mass is 32.1. The van der Waals surface area contributed by atoms with Crippen molar-refractivity contribution in [3.63, 3.8) is 0 Å². The summed E-state index contributed by atoms with van der Waals surface area (Å²) in [5.74, 6) is 1.23. The van der Waals surface area contributed by atoms with Crippen molar-refractivity contribution >= 4 is 17.2 Å². The molecule has 1 fully saturated rings. The molecule has 2 aliphatic rings. The summed E-state index contributed by atoms with van der Waals surface area (Å²) in [7, 11) is 0. The Labute approximate surface area is 190 Å². The number of carbonyl (C=O) groups excluding carboxylic acids is 1. The lowest BCUT2D eigenvalue weighted by atomic mass is 9.78. The Balaban J connectivity index is 1.25. The van der Waals surface area contributed by atoms with E-state index in [1.807, 2.05) is 17.5 Å². The van der Waals surface area contributed by atoms with Gasteiger partial charge in [0.05, 0.1) is 12.1 Å². The summed E-state index contributed by atoms with van der Waals surface area (Å²) in [5, 5.41) is 5.73. The monoisotopic (exact) mass is 452 g/mol. The minimum atomic E-state index is -0.294. The van der Waals surface area contributed by atoms with Gasteiger partial charge in [-0.05, 0) is 42.7 Å². The topological polar surface area (TPSA) is 60.5 Å². The molecule has 0 bridgehead atoms. The minimum Gasteiger partial charge on any atom is -0.486 e. The van der Waals surface area contributed by atoms with Crippen LogP contribution in [0.15, 0.2) is 47.8 Å². The number of nitrogens with zero attached hydrogens (tertiary/aromatic N) is 1. The molecule has 1 aromatic heterocycles. The largest absolute Gasteiger partial charge is 0.486 e. The maximum Gasteiger partial charge on any atom is 0.226 e. The summed E-state index contributed by atoms with van der Waals surface area (Å²) in [5.41, 5.74) is 2.54. The number of nitrogens with one attached hydrogen (secondary N) is 1. The van der Waals surface area contributed by atoms with E-state index in [2.05, 4.69) is 22.4 Å². The molecule has 3 aromatic rings. The lowest BCUT2D eigenvalue weighted by Crippen LogP contribution is -2.39. The molecule has 166 valence electrons. The Morgan fingerprint density at radius 2 is 1.91 bits per heavy atom. The highest BCUT2D eigenvalue weighted by Crippen LogP contribution is 2.43. The predicted octanol–water partition coefficient (Wildman–Crippen LogP) is 4.89. The van der Waals surface area contributed by atoms with Crippen LogP contribution in [0.1, 0.15) is 36.9 Å². The zero-order chi connectivity index (χ0) is 22.0. The van der Waals surface area contributed by atoms with Crippen molar-refractivity contribution < 1.29 is 18.7 Å². The van der Waals surface area contributed by atoms with Crippen LogP contribution in [0.3, 0.4) is 0 Å². The molecule has 1 amide bonds. The Morgan fingerprint density at radius 1 is 1.09 bits per heavy atom. The number of ether oxygens (including phenoxy) is 2. The minimum absolute atomic E-state index is 0.0510. The molecule has 1 N–H and O–H groups in total. The number of benzene rings is 2. The first kappa shape index (κ1) is 20.9. The van der Waals surface area contributed by atoms with Crippen molar-refractivity contribution in [1.29, 1.82) is 0 Å². The van der Waals surface area contributed by atoms with Gasteiger partial charge in [0, 0.05) is 22.9 Å². The number of carbonyl (C=O) groups is 1. The van der Waals surface area contributed by atoms with Crippen LogP contribution >= 0.6 is 11.3 Å². The highest BCUT2D eigenvalue weighted by molar-refractivity contribution is 7.13. The molecular formula is C25H25FN2O3S. The summed E-state index contributed by atoms with van der Waals surface area (Å²) in [6, 6.07) is 12.5. The van der Waals surface area contributed by atoms with E-state index in [4.69, 9.17) is 9.47 Å². The summed E-state index contributed by atoms with van der Waals surface area (Å²) in [4.78, 5) is 17.2. The fourth-order valence-corrected chi connectivity index (χ4v) is 5.45. The standard InChI is InChI=1S/C25H25FN2O3S/c26-19-5-3-4-17(12-19)24-28-20(15-32-24)14-23(29)27-16-25(8-1-2-9-25)18-6-7-21-22(13-18)31-11-10-30-21/h3-7,12-13,15H,1-2,8-11,14,16H2,(H,27,29). The van der Waals surface area contributed by atoms with E-state index in [0.29, 0.717) is 25.5 Å². The van der Waals surface area contributed by atoms with Gasteiger partial charge >= 0.3 is 0 Å².